The highest BCUT2D eigenvalue weighted by atomic mass is 16.3. The number of hydrogen-bond acceptors (Lipinski definition) is 4. The minimum absolute atomic E-state index is 0.175. The van der Waals surface area contributed by atoms with Crippen LogP contribution in [0.5, 0.6) is 0 Å². The van der Waals surface area contributed by atoms with Crippen LogP contribution >= 0.6 is 0 Å². The summed E-state index contributed by atoms with van der Waals surface area (Å²) in [7, 11) is 0. The minimum Gasteiger partial charge on any atom is -0.293 e. The van der Waals surface area contributed by atoms with E-state index in [1.165, 1.54) is 0 Å². The first-order valence-corrected chi connectivity index (χ1v) is 5.60. The number of aromatic nitrogens is 1. The predicted molar refractivity (Wildman–Crippen MR) is 65.0 cm³/mol. The Hall–Kier alpha value is -1.29. The second-order valence-electron chi connectivity index (χ2n) is 4.30. The lowest BCUT2D eigenvalue weighted by molar-refractivity contribution is 0.201. The van der Waals surface area contributed by atoms with Gasteiger partial charge in [-0.3, -0.25) is 9.88 Å². The van der Waals surface area contributed by atoms with E-state index in [1.54, 1.807) is 6.20 Å². The Balaban J connectivity index is 2.61. The lowest BCUT2D eigenvalue weighted by atomic mass is 10.2. The van der Waals surface area contributed by atoms with E-state index >= 15 is 0 Å². The molecule has 0 saturated heterocycles. The highest BCUT2D eigenvalue weighted by molar-refractivity contribution is 5.03. The second kappa shape index (κ2) is 6.33. The lowest BCUT2D eigenvalue weighted by Crippen LogP contribution is -2.35. The van der Waals surface area contributed by atoms with Crippen molar-refractivity contribution in [1.82, 2.24) is 9.88 Å². The lowest BCUT2D eigenvalue weighted by Gasteiger charge is -2.26. The standard InChI is InChI=1S/C12H19N3O/c1-10(2)15(8-11(3)14-16)9-12-6-4-5-7-13-12/h4-7,10-11H,8-9H2,1-3H3. The smallest absolute Gasteiger partial charge is 0.102 e. The Labute approximate surface area is 96.7 Å². The molecule has 0 aliphatic carbocycles. The number of nitroso groups, excluding NO2 is 1. The van der Waals surface area contributed by atoms with Gasteiger partial charge in [0.25, 0.3) is 0 Å². The fourth-order valence-electron chi connectivity index (χ4n) is 1.53. The van der Waals surface area contributed by atoms with Crippen LogP contribution in [0.1, 0.15) is 26.5 Å². The molecule has 1 heterocycles. The highest BCUT2D eigenvalue weighted by Gasteiger charge is 2.14. The van der Waals surface area contributed by atoms with Gasteiger partial charge in [-0.05, 0) is 32.9 Å². The zero-order valence-corrected chi connectivity index (χ0v) is 10.1. The van der Waals surface area contributed by atoms with Gasteiger partial charge in [0.05, 0.1) is 5.69 Å². The monoisotopic (exact) mass is 221 g/mol. The molecule has 0 spiro atoms. The van der Waals surface area contributed by atoms with E-state index in [0.29, 0.717) is 12.6 Å². The molecular weight excluding hydrogens is 202 g/mol. The molecule has 0 amide bonds. The van der Waals surface area contributed by atoms with Gasteiger partial charge in [-0.25, -0.2) is 0 Å². The molecule has 0 radical (unpaired) electrons. The molecule has 0 N–H and O–H groups in total. The van der Waals surface area contributed by atoms with Gasteiger partial charge in [0.15, 0.2) is 0 Å². The topological polar surface area (TPSA) is 45.6 Å². The van der Waals surface area contributed by atoms with Crippen molar-refractivity contribution in [3.05, 3.63) is 35.0 Å². The van der Waals surface area contributed by atoms with Crippen molar-refractivity contribution >= 4 is 0 Å². The van der Waals surface area contributed by atoms with Gasteiger partial charge in [-0.2, -0.15) is 4.91 Å². The van der Waals surface area contributed by atoms with Crippen LogP contribution in [0.2, 0.25) is 0 Å². The summed E-state index contributed by atoms with van der Waals surface area (Å²) in [5, 5.41) is 3.04. The van der Waals surface area contributed by atoms with Gasteiger partial charge >= 0.3 is 0 Å². The summed E-state index contributed by atoms with van der Waals surface area (Å²) < 4.78 is 0. The average molecular weight is 221 g/mol. The summed E-state index contributed by atoms with van der Waals surface area (Å²) in [5.41, 5.74) is 1.02. The summed E-state index contributed by atoms with van der Waals surface area (Å²) in [4.78, 5) is 16.9. The van der Waals surface area contributed by atoms with Crippen molar-refractivity contribution in [2.24, 2.45) is 5.18 Å². The molecule has 0 aromatic carbocycles. The molecule has 1 atom stereocenters. The maximum Gasteiger partial charge on any atom is 0.102 e. The SMILES string of the molecule is CC(CN(Cc1ccccn1)C(C)C)N=O. The number of pyridine rings is 1. The molecule has 1 aromatic heterocycles. The van der Waals surface area contributed by atoms with Crippen LogP contribution < -0.4 is 0 Å². The molecule has 4 heteroatoms. The maximum absolute atomic E-state index is 10.4. The summed E-state index contributed by atoms with van der Waals surface area (Å²) in [6.45, 7) is 7.50. The van der Waals surface area contributed by atoms with Crippen LogP contribution in [0.3, 0.4) is 0 Å². The Morgan fingerprint density at radius 2 is 2.12 bits per heavy atom. The van der Waals surface area contributed by atoms with E-state index in [4.69, 9.17) is 0 Å². The van der Waals surface area contributed by atoms with Gasteiger partial charge in [0, 0.05) is 25.3 Å². The van der Waals surface area contributed by atoms with Crippen molar-refractivity contribution < 1.29 is 0 Å². The van der Waals surface area contributed by atoms with Crippen LogP contribution in [0.4, 0.5) is 0 Å². The quantitative estimate of drug-likeness (QED) is 0.693. The maximum atomic E-state index is 10.4. The first-order valence-electron chi connectivity index (χ1n) is 5.60. The minimum atomic E-state index is -0.175. The molecular formula is C12H19N3O. The molecule has 1 aromatic rings. The molecule has 0 fully saturated rings. The molecule has 0 bridgehead atoms. The molecule has 4 nitrogen and oxygen atoms in total. The summed E-state index contributed by atoms with van der Waals surface area (Å²) in [5.74, 6) is 0. The summed E-state index contributed by atoms with van der Waals surface area (Å²) >= 11 is 0. The van der Waals surface area contributed by atoms with Gasteiger partial charge in [-0.1, -0.05) is 11.2 Å². The average Bonchev–Trinajstić information content (AvgIpc) is 2.29. The van der Waals surface area contributed by atoms with E-state index in [1.807, 2.05) is 25.1 Å². The Morgan fingerprint density at radius 3 is 2.62 bits per heavy atom. The van der Waals surface area contributed by atoms with Crippen molar-refractivity contribution in [3.63, 3.8) is 0 Å². The van der Waals surface area contributed by atoms with Crippen LogP contribution in [0.25, 0.3) is 0 Å². The van der Waals surface area contributed by atoms with Crippen LogP contribution in [0.15, 0.2) is 29.6 Å². The zero-order chi connectivity index (χ0) is 12.0. The van der Waals surface area contributed by atoms with E-state index in [9.17, 15) is 4.91 Å². The Kier molecular flexibility index (Phi) is 5.05. The van der Waals surface area contributed by atoms with E-state index in [-0.39, 0.29) is 6.04 Å². The third-order valence-electron chi connectivity index (χ3n) is 2.50. The normalized spacial score (nSPS) is 13.1. The van der Waals surface area contributed by atoms with Crippen LogP contribution in [-0.4, -0.2) is 28.5 Å². The highest BCUT2D eigenvalue weighted by Crippen LogP contribution is 2.07. The molecule has 1 unspecified atom stereocenters. The van der Waals surface area contributed by atoms with Crippen molar-refractivity contribution in [2.45, 2.75) is 39.4 Å². The Morgan fingerprint density at radius 1 is 1.38 bits per heavy atom. The van der Waals surface area contributed by atoms with Gasteiger partial charge in [0.2, 0.25) is 0 Å². The molecule has 88 valence electrons. The predicted octanol–water partition coefficient (Wildman–Crippen LogP) is 2.45. The zero-order valence-electron chi connectivity index (χ0n) is 10.1. The van der Waals surface area contributed by atoms with Gasteiger partial charge in [-0.15, -0.1) is 0 Å². The molecule has 16 heavy (non-hydrogen) atoms. The van der Waals surface area contributed by atoms with Crippen LogP contribution in [-0.2, 0) is 6.54 Å². The molecule has 0 aliphatic rings. The van der Waals surface area contributed by atoms with E-state index < -0.39 is 0 Å². The van der Waals surface area contributed by atoms with E-state index in [2.05, 4.69) is 28.9 Å². The van der Waals surface area contributed by atoms with Crippen molar-refractivity contribution in [3.8, 4) is 0 Å². The second-order valence-corrected chi connectivity index (χ2v) is 4.30. The van der Waals surface area contributed by atoms with E-state index in [0.717, 1.165) is 12.2 Å². The number of hydrogen-bond donors (Lipinski definition) is 0. The number of nitrogens with zero attached hydrogens (tertiary/aromatic N) is 3. The molecule has 1 rings (SSSR count). The van der Waals surface area contributed by atoms with Crippen molar-refractivity contribution in [2.75, 3.05) is 6.54 Å². The van der Waals surface area contributed by atoms with Gasteiger partial charge < -0.3 is 0 Å². The first-order chi connectivity index (χ1) is 7.63. The third kappa shape index (κ3) is 4.06. The number of rotatable bonds is 6. The fourth-order valence-corrected chi connectivity index (χ4v) is 1.53. The fraction of sp³-hybridized carbons (Fsp3) is 0.583. The molecule has 0 saturated carbocycles. The first kappa shape index (κ1) is 12.8. The summed E-state index contributed by atoms with van der Waals surface area (Å²) in [6.07, 6.45) is 1.79. The largest absolute Gasteiger partial charge is 0.293 e. The van der Waals surface area contributed by atoms with Crippen LogP contribution in [0, 0.1) is 4.91 Å². The van der Waals surface area contributed by atoms with Gasteiger partial charge in [0.1, 0.15) is 6.04 Å². The van der Waals surface area contributed by atoms with Crippen molar-refractivity contribution in [1.29, 1.82) is 0 Å². The summed E-state index contributed by atoms with van der Waals surface area (Å²) in [6, 6.07) is 6.08. The molecule has 0 aliphatic heterocycles. The third-order valence-corrected chi connectivity index (χ3v) is 2.50. The Bertz CT molecular complexity index is 313.